The smallest absolute Gasteiger partial charge is 0.348 e. The molecule has 0 saturated carbocycles. The Labute approximate surface area is 186 Å². The molecule has 3 fully saturated rings. The molecule has 0 spiro atoms. The summed E-state index contributed by atoms with van der Waals surface area (Å²) in [6, 6.07) is 4.84. The third-order valence-electron chi connectivity index (χ3n) is 5.72. The summed E-state index contributed by atoms with van der Waals surface area (Å²) in [7, 11) is 0. The molecular formula is C21H24F6O6. The van der Waals surface area contributed by atoms with Crippen molar-refractivity contribution in [3.8, 4) is 0 Å². The summed E-state index contributed by atoms with van der Waals surface area (Å²) in [6.07, 6.45) is -18.1. The highest BCUT2D eigenvalue weighted by atomic mass is 19.4. The summed E-state index contributed by atoms with van der Waals surface area (Å²) in [5.41, 5.74) is -5.79. The molecule has 186 valence electrons. The first-order chi connectivity index (χ1) is 15.1. The molecular weight excluding hydrogens is 462 g/mol. The zero-order valence-corrected chi connectivity index (χ0v) is 18.2. The number of alkyl halides is 6. The van der Waals surface area contributed by atoms with Crippen LogP contribution in [-0.4, -0.2) is 61.2 Å². The summed E-state index contributed by atoms with van der Waals surface area (Å²) in [6.45, 7) is 6.23. The maximum atomic E-state index is 14.2. The number of halogens is 6. The van der Waals surface area contributed by atoms with E-state index in [0.717, 1.165) is 12.1 Å². The third kappa shape index (κ3) is 4.25. The molecule has 33 heavy (non-hydrogen) atoms. The second-order valence-electron chi connectivity index (χ2n) is 9.06. The van der Waals surface area contributed by atoms with Crippen molar-refractivity contribution in [2.24, 2.45) is 0 Å². The SMILES string of the molecule is CC1(C)O[C@@H]2[C@H](O1)[C@H](OC(c1ccccc1)(C(F)(F)F)C(F)(F)F)O[C@@H]2[C@H]1COC(C)(C)O1. The highest BCUT2D eigenvalue weighted by Crippen LogP contribution is 2.55. The van der Waals surface area contributed by atoms with Gasteiger partial charge in [-0.25, -0.2) is 0 Å². The van der Waals surface area contributed by atoms with Crippen molar-refractivity contribution >= 4 is 0 Å². The Morgan fingerprint density at radius 3 is 1.88 bits per heavy atom. The Bertz CT molecular complexity index is 841. The van der Waals surface area contributed by atoms with Crippen LogP contribution in [0.3, 0.4) is 0 Å². The molecule has 0 aliphatic carbocycles. The maximum absolute atomic E-state index is 14.2. The minimum Gasteiger partial charge on any atom is -0.348 e. The van der Waals surface area contributed by atoms with Crippen LogP contribution < -0.4 is 0 Å². The van der Waals surface area contributed by atoms with Crippen LogP contribution in [0, 0.1) is 0 Å². The van der Waals surface area contributed by atoms with Crippen LogP contribution in [0.25, 0.3) is 0 Å². The van der Waals surface area contributed by atoms with Gasteiger partial charge in [-0.3, -0.25) is 0 Å². The van der Waals surface area contributed by atoms with Gasteiger partial charge in [0.25, 0.3) is 5.60 Å². The first kappa shape index (κ1) is 24.7. The molecule has 3 heterocycles. The van der Waals surface area contributed by atoms with E-state index >= 15 is 0 Å². The van der Waals surface area contributed by atoms with E-state index in [1.165, 1.54) is 19.9 Å². The highest BCUT2D eigenvalue weighted by molar-refractivity contribution is 5.27. The average Bonchev–Trinajstić information content (AvgIpc) is 3.28. The number of hydrogen-bond donors (Lipinski definition) is 0. The normalized spacial score (nSPS) is 33.9. The number of rotatable bonds is 4. The van der Waals surface area contributed by atoms with E-state index in [4.69, 9.17) is 28.4 Å². The number of ether oxygens (including phenoxy) is 6. The zero-order chi connectivity index (χ0) is 24.4. The molecule has 12 heteroatoms. The van der Waals surface area contributed by atoms with Crippen LogP contribution >= 0.6 is 0 Å². The van der Waals surface area contributed by atoms with Gasteiger partial charge in [-0.05, 0) is 27.7 Å². The minimum atomic E-state index is -5.87. The zero-order valence-electron chi connectivity index (χ0n) is 18.2. The lowest BCUT2D eigenvalue weighted by Crippen LogP contribution is -2.58. The van der Waals surface area contributed by atoms with Gasteiger partial charge in [-0.1, -0.05) is 30.3 Å². The van der Waals surface area contributed by atoms with Gasteiger partial charge in [-0.15, -0.1) is 0 Å². The molecule has 0 bridgehead atoms. The molecule has 0 N–H and O–H groups in total. The predicted molar refractivity (Wildman–Crippen MR) is 98.7 cm³/mol. The van der Waals surface area contributed by atoms with Crippen LogP contribution in [0.15, 0.2) is 30.3 Å². The van der Waals surface area contributed by atoms with Gasteiger partial charge in [0.1, 0.15) is 24.4 Å². The van der Waals surface area contributed by atoms with Crippen molar-refractivity contribution in [2.45, 2.75) is 87.9 Å². The van der Waals surface area contributed by atoms with E-state index in [0.29, 0.717) is 12.1 Å². The summed E-state index contributed by atoms with van der Waals surface area (Å²) < 4.78 is 118. The van der Waals surface area contributed by atoms with Crippen molar-refractivity contribution in [3.63, 3.8) is 0 Å². The van der Waals surface area contributed by atoms with E-state index in [2.05, 4.69) is 0 Å². The Morgan fingerprint density at radius 2 is 1.36 bits per heavy atom. The first-order valence-corrected chi connectivity index (χ1v) is 10.3. The van der Waals surface area contributed by atoms with Gasteiger partial charge in [0.15, 0.2) is 17.9 Å². The standard InChI is InChI=1S/C21H24F6O6/c1-17(2)28-10-12(30-17)13-14-15(32-18(3,4)31-14)16(29-13)33-19(20(22,23)24,21(25,26)27)11-8-6-5-7-9-11/h5-9,12-16H,10H2,1-4H3/t12-,13-,14+,15+,16+/m1/s1. The van der Waals surface area contributed by atoms with Crippen LogP contribution in [-0.2, 0) is 34.0 Å². The van der Waals surface area contributed by atoms with Gasteiger partial charge in [-0.2, -0.15) is 26.3 Å². The number of hydrogen-bond acceptors (Lipinski definition) is 6. The molecule has 1 aromatic carbocycles. The average molecular weight is 486 g/mol. The highest BCUT2D eigenvalue weighted by Gasteiger charge is 2.75. The van der Waals surface area contributed by atoms with Crippen LogP contribution in [0.1, 0.15) is 33.3 Å². The summed E-state index contributed by atoms with van der Waals surface area (Å²) in [5.74, 6) is -2.30. The molecule has 4 rings (SSSR count). The molecule has 0 unspecified atom stereocenters. The fraction of sp³-hybridized carbons (Fsp3) is 0.714. The Kier molecular flexibility index (Phi) is 5.82. The summed E-state index contributed by atoms with van der Waals surface area (Å²) in [5, 5.41) is 0. The fourth-order valence-electron chi connectivity index (χ4n) is 4.40. The topological polar surface area (TPSA) is 55.4 Å². The van der Waals surface area contributed by atoms with Gasteiger partial charge in [0.2, 0.25) is 0 Å². The van der Waals surface area contributed by atoms with Crippen molar-refractivity contribution in [1.29, 1.82) is 0 Å². The van der Waals surface area contributed by atoms with E-state index < -0.39 is 65.8 Å². The molecule has 3 aliphatic rings. The molecule has 0 radical (unpaired) electrons. The summed E-state index contributed by atoms with van der Waals surface area (Å²) in [4.78, 5) is 0. The second kappa shape index (κ2) is 7.79. The van der Waals surface area contributed by atoms with Gasteiger partial charge >= 0.3 is 12.4 Å². The van der Waals surface area contributed by atoms with Crippen LogP contribution in [0.2, 0.25) is 0 Å². The molecule has 6 nitrogen and oxygen atoms in total. The van der Waals surface area contributed by atoms with Crippen molar-refractivity contribution < 1.29 is 54.8 Å². The monoisotopic (exact) mass is 486 g/mol. The lowest BCUT2D eigenvalue weighted by atomic mass is 9.91. The van der Waals surface area contributed by atoms with Crippen molar-refractivity contribution in [3.05, 3.63) is 35.9 Å². The van der Waals surface area contributed by atoms with E-state index in [9.17, 15) is 26.3 Å². The van der Waals surface area contributed by atoms with Gasteiger partial charge in [0, 0.05) is 5.56 Å². The van der Waals surface area contributed by atoms with E-state index in [1.807, 2.05) is 0 Å². The molecule has 3 aliphatic heterocycles. The Balaban J connectivity index is 1.73. The fourth-order valence-corrected chi connectivity index (χ4v) is 4.40. The largest absolute Gasteiger partial charge is 0.430 e. The molecule has 5 atom stereocenters. The van der Waals surface area contributed by atoms with Gasteiger partial charge < -0.3 is 28.4 Å². The first-order valence-electron chi connectivity index (χ1n) is 10.3. The van der Waals surface area contributed by atoms with Crippen molar-refractivity contribution in [1.82, 2.24) is 0 Å². The predicted octanol–water partition coefficient (Wildman–Crippen LogP) is 4.42. The summed E-state index contributed by atoms with van der Waals surface area (Å²) >= 11 is 0. The lowest BCUT2D eigenvalue weighted by Gasteiger charge is -2.39. The maximum Gasteiger partial charge on any atom is 0.430 e. The van der Waals surface area contributed by atoms with Crippen LogP contribution in [0.5, 0.6) is 0 Å². The number of fused-ring (bicyclic) bond motifs is 1. The third-order valence-corrected chi connectivity index (χ3v) is 5.72. The quantitative estimate of drug-likeness (QED) is 0.588. The van der Waals surface area contributed by atoms with Crippen molar-refractivity contribution in [2.75, 3.05) is 6.61 Å². The molecule has 3 saturated heterocycles. The Hall–Kier alpha value is -1.44. The van der Waals surface area contributed by atoms with E-state index in [1.54, 1.807) is 13.8 Å². The van der Waals surface area contributed by atoms with E-state index in [-0.39, 0.29) is 6.61 Å². The minimum absolute atomic E-state index is 0.000233. The second-order valence-corrected chi connectivity index (χ2v) is 9.06. The van der Waals surface area contributed by atoms with Gasteiger partial charge in [0.05, 0.1) is 6.61 Å². The molecule has 0 amide bonds. The Morgan fingerprint density at radius 1 is 0.788 bits per heavy atom. The molecule has 1 aromatic rings. The lowest BCUT2D eigenvalue weighted by molar-refractivity contribution is -0.423. The number of benzene rings is 1. The van der Waals surface area contributed by atoms with Crippen LogP contribution in [0.4, 0.5) is 26.3 Å². The molecule has 0 aromatic heterocycles.